The van der Waals surface area contributed by atoms with Crippen molar-refractivity contribution in [1.82, 2.24) is 15.8 Å². The van der Waals surface area contributed by atoms with E-state index in [-0.39, 0.29) is 17.5 Å². The van der Waals surface area contributed by atoms with Crippen LogP contribution in [0.25, 0.3) is 0 Å². The van der Waals surface area contributed by atoms with Gasteiger partial charge in [-0.15, -0.1) is 0 Å². The maximum atomic E-state index is 14.4. The predicted molar refractivity (Wildman–Crippen MR) is 112 cm³/mol. The molecule has 0 amide bonds. The number of piperidine rings is 1. The lowest BCUT2D eigenvalue weighted by Gasteiger charge is -2.37. The summed E-state index contributed by atoms with van der Waals surface area (Å²) in [6.07, 6.45) is 2.09. The van der Waals surface area contributed by atoms with Crippen molar-refractivity contribution >= 4 is 0 Å². The number of nitrogens with one attached hydrogen (secondary N) is 2. The molecule has 3 unspecified atom stereocenters. The molecule has 7 heteroatoms. The van der Waals surface area contributed by atoms with Gasteiger partial charge in [0.15, 0.2) is 11.5 Å². The normalized spacial score (nSPS) is 24.7. The number of methoxy groups -OCH3 is 2. The van der Waals surface area contributed by atoms with Crippen molar-refractivity contribution in [2.45, 2.75) is 31.3 Å². The highest BCUT2D eigenvalue weighted by Gasteiger charge is 2.39. The summed E-state index contributed by atoms with van der Waals surface area (Å²) in [5.74, 6) is 0.589. The quantitative estimate of drug-likeness (QED) is 0.754. The third-order valence-electron chi connectivity index (χ3n) is 6.30. The van der Waals surface area contributed by atoms with Crippen LogP contribution in [0.5, 0.6) is 11.5 Å². The van der Waals surface area contributed by atoms with Gasteiger partial charge in [0.25, 0.3) is 0 Å². The first-order valence-corrected chi connectivity index (χ1v) is 10.5. The standard InChI is InChI=1S/C23H29F2N3O2/c1-29-20-9-8-15(11-21(20)30-2)13-28-10-4-5-16(14-28)23-17(12-26-27-23)22-18(24)6-3-7-19(22)25/h3,6-9,11,16-17,23,26-27H,4-5,10,12-14H2,1-2H3. The molecule has 0 aliphatic carbocycles. The number of hydrazine groups is 1. The molecular weight excluding hydrogens is 388 g/mol. The van der Waals surface area contributed by atoms with Crippen LogP contribution in [0.1, 0.15) is 29.9 Å². The molecule has 0 spiro atoms. The Morgan fingerprint density at radius 1 is 1.07 bits per heavy atom. The summed E-state index contributed by atoms with van der Waals surface area (Å²) in [5.41, 5.74) is 7.78. The summed E-state index contributed by atoms with van der Waals surface area (Å²) in [5, 5.41) is 0. The van der Waals surface area contributed by atoms with Crippen LogP contribution >= 0.6 is 0 Å². The fourth-order valence-electron chi connectivity index (χ4n) is 4.87. The van der Waals surface area contributed by atoms with E-state index < -0.39 is 11.6 Å². The van der Waals surface area contributed by atoms with Crippen LogP contribution in [0.15, 0.2) is 36.4 Å². The molecule has 3 atom stereocenters. The highest BCUT2D eigenvalue weighted by atomic mass is 19.1. The van der Waals surface area contributed by atoms with Gasteiger partial charge in [0, 0.05) is 37.2 Å². The molecule has 0 aromatic heterocycles. The zero-order valence-electron chi connectivity index (χ0n) is 17.5. The molecule has 0 saturated carbocycles. The Hall–Kier alpha value is -2.22. The molecule has 5 nitrogen and oxygen atoms in total. The average Bonchev–Trinajstić information content (AvgIpc) is 3.23. The third kappa shape index (κ3) is 4.29. The van der Waals surface area contributed by atoms with Gasteiger partial charge in [-0.25, -0.2) is 8.78 Å². The SMILES string of the molecule is COc1ccc(CN2CCCC(C3NNCC3c3c(F)cccc3F)C2)cc1OC. The van der Waals surface area contributed by atoms with Crippen LogP contribution < -0.4 is 20.3 Å². The summed E-state index contributed by atoms with van der Waals surface area (Å²) in [6.45, 7) is 3.20. The molecule has 2 aliphatic heterocycles. The Morgan fingerprint density at radius 3 is 2.57 bits per heavy atom. The molecule has 4 rings (SSSR count). The minimum absolute atomic E-state index is 0.00963. The van der Waals surface area contributed by atoms with Gasteiger partial charge in [0.1, 0.15) is 11.6 Å². The van der Waals surface area contributed by atoms with Gasteiger partial charge < -0.3 is 9.47 Å². The van der Waals surface area contributed by atoms with Gasteiger partial charge in [-0.2, -0.15) is 0 Å². The van der Waals surface area contributed by atoms with Gasteiger partial charge in [-0.3, -0.25) is 15.8 Å². The Labute approximate surface area is 176 Å². The topological polar surface area (TPSA) is 45.8 Å². The molecule has 0 radical (unpaired) electrons. The van der Waals surface area contributed by atoms with E-state index in [1.807, 2.05) is 12.1 Å². The molecular formula is C23H29F2N3O2. The number of nitrogens with zero attached hydrogens (tertiary/aromatic N) is 1. The first-order valence-electron chi connectivity index (χ1n) is 10.5. The summed E-state index contributed by atoms with van der Waals surface area (Å²) < 4.78 is 39.6. The van der Waals surface area contributed by atoms with Crippen molar-refractivity contribution in [2.24, 2.45) is 5.92 Å². The Balaban J connectivity index is 1.47. The van der Waals surface area contributed by atoms with E-state index in [9.17, 15) is 8.78 Å². The lowest BCUT2D eigenvalue weighted by Crippen LogP contribution is -2.46. The lowest BCUT2D eigenvalue weighted by molar-refractivity contribution is 0.139. The molecule has 2 aromatic rings. The van der Waals surface area contributed by atoms with E-state index in [4.69, 9.17) is 9.47 Å². The Bertz CT molecular complexity index is 859. The van der Waals surface area contributed by atoms with Crippen molar-refractivity contribution in [3.63, 3.8) is 0 Å². The fraction of sp³-hybridized carbons (Fsp3) is 0.478. The molecule has 2 fully saturated rings. The number of likely N-dealkylation sites (tertiary alicyclic amines) is 1. The smallest absolute Gasteiger partial charge is 0.161 e. The summed E-state index contributed by atoms with van der Waals surface area (Å²) in [4.78, 5) is 2.41. The van der Waals surface area contributed by atoms with Crippen LogP contribution in [0.3, 0.4) is 0 Å². The minimum Gasteiger partial charge on any atom is -0.493 e. The van der Waals surface area contributed by atoms with E-state index in [1.54, 1.807) is 14.2 Å². The van der Waals surface area contributed by atoms with Gasteiger partial charge >= 0.3 is 0 Å². The highest BCUT2D eigenvalue weighted by Crippen LogP contribution is 2.35. The zero-order chi connectivity index (χ0) is 21.1. The summed E-state index contributed by atoms with van der Waals surface area (Å²) in [6, 6.07) is 10.1. The first kappa shape index (κ1) is 21.0. The van der Waals surface area contributed by atoms with Crippen LogP contribution in [-0.2, 0) is 6.54 Å². The highest BCUT2D eigenvalue weighted by molar-refractivity contribution is 5.42. The van der Waals surface area contributed by atoms with E-state index >= 15 is 0 Å². The number of hydrogen-bond acceptors (Lipinski definition) is 5. The van der Waals surface area contributed by atoms with E-state index in [2.05, 4.69) is 21.8 Å². The number of halogens is 2. The largest absolute Gasteiger partial charge is 0.493 e. The maximum Gasteiger partial charge on any atom is 0.161 e. The maximum absolute atomic E-state index is 14.4. The number of hydrogen-bond donors (Lipinski definition) is 2. The Morgan fingerprint density at radius 2 is 1.83 bits per heavy atom. The van der Waals surface area contributed by atoms with E-state index in [1.165, 1.54) is 18.2 Å². The number of ether oxygens (including phenoxy) is 2. The second-order valence-corrected chi connectivity index (χ2v) is 8.12. The van der Waals surface area contributed by atoms with Crippen LogP contribution in [0, 0.1) is 17.6 Å². The second kappa shape index (κ2) is 9.29. The molecule has 2 aromatic carbocycles. The summed E-state index contributed by atoms with van der Waals surface area (Å²) >= 11 is 0. The van der Waals surface area contributed by atoms with Crippen molar-refractivity contribution < 1.29 is 18.3 Å². The van der Waals surface area contributed by atoms with Crippen LogP contribution in [0.4, 0.5) is 8.78 Å². The van der Waals surface area contributed by atoms with Crippen molar-refractivity contribution in [1.29, 1.82) is 0 Å². The fourth-order valence-corrected chi connectivity index (χ4v) is 4.87. The minimum atomic E-state index is -0.464. The molecule has 2 heterocycles. The van der Waals surface area contributed by atoms with Gasteiger partial charge in [-0.05, 0) is 55.1 Å². The van der Waals surface area contributed by atoms with Gasteiger partial charge in [0.05, 0.1) is 14.2 Å². The summed E-state index contributed by atoms with van der Waals surface area (Å²) in [7, 11) is 3.27. The molecule has 2 N–H and O–H groups in total. The molecule has 162 valence electrons. The zero-order valence-corrected chi connectivity index (χ0v) is 17.5. The van der Waals surface area contributed by atoms with Crippen LogP contribution in [0.2, 0.25) is 0 Å². The van der Waals surface area contributed by atoms with Crippen molar-refractivity contribution in [2.75, 3.05) is 33.9 Å². The second-order valence-electron chi connectivity index (χ2n) is 8.12. The van der Waals surface area contributed by atoms with E-state index in [0.717, 1.165) is 43.8 Å². The first-order chi connectivity index (χ1) is 14.6. The van der Waals surface area contributed by atoms with Gasteiger partial charge in [-0.1, -0.05) is 12.1 Å². The van der Waals surface area contributed by atoms with Gasteiger partial charge in [0.2, 0.25) is 0 Å². The van der Waals surface area contributed by atoms with Crippen molar-refractivity contribution in [3.05, 3.63) is 59.2 Å². The average molecular weight is 418 g/mol. The Kier molecular flexibility index (Phi) is 6.51. The number of rotatable bonds is 6. The number of benzene rings is 2. The molecule has 2 aliphatic rings. The van der Waals surface area contributed by atoms with E-state index in [0.29, 0.717) is 18.2 Å². The predicted octanol–water partition coefficient (Wildman–Crippen LogP) is 3.45. The van der Waals surface area contributed by atoms with Crippen LogP contribution in [-0.4, -0.2) is 44.8 Å². The lowest BCUT2D eigenvalue weighted by atomic mass is 9.80. The van der Waals surface area contributed by atoms with Crippen molar-refractivity contribution in [3.8, 4) is 11.5 Å². The molecule has 30 heavy (non-hydrogen) atoms. The monoisotopic (exact) mass is 417 g/mol. The third-order valence-corrected chi connectivity index (χ3v) is 6.30. The molecule has 2 saturated heterocycles. The molecule has 0 bridgehead atoms.